The van der Waals surface area contributed by atoms with E-state index in [0.717, 1.165) is 18.6 Å². The number of esters is 1. The quantitative estimate of drug-likeness (QED) is 0.476. The number of hydrogen-bond donors (Lipinski definition) is 0. The fourth-order valence-electron chi connectivity index (χ4n) is 1.96. The van der Waals surface area contributed by atoms with E-state index in [1.54, 1.807) is 6.07 Å². The van der Waals surface area contributed by atoms with Crippen LogP contribution < -0.4 is 0 Å². The largest absolute Gasteiger partial charge is 0.460 e. The molecule has 0 heterocycles. The van der Waals surface area contributed by atoms with Gasteiger partial charge < -0.3 is 9.47 Å². The molecule has 0 amide bonds. The lowest BCUT2D eigenvalue weighted by atomic mass is 10.1. The SMILES string of the molecule is CCCCCCCOCCOC(=O)c1cccc(C)c1. The number of ether oxygens (including phenoxy) is 2. The van der Waals surface area contributed by atoms with Gasteiger partial charge in [0.15, 0.2) is 0 Å². The van der Waals surface area contributed by atoms with E-state index in [2.05, 4.69) is 6.92 Å². The third-order valence-corrected chi connectivity index (χ3v) is 3.11. The maximum absolute atomic E-state index is 11.7. The molecule has 1 rings (SSSR count). The first-order valence-corrected chi connectivity index (χ1v) is 7.55. The second-order valence-electron chi connectivity index (χ2n) is 5.03. The van der Waals surface area contributed by atoms with Gasteiger partial charge >= 0.3 is 5.97 Å². The van der Waals surface area contributed by atoms with E-state index in [-0.39, 0.29) is 5.97 Å². The molecule has 0 saturated carbocycles. The van der Waals surface area contributed by atoms with E-state index in [1.165, 1.54) is 25.7 Å². The van der Waals surface area contributed by atoms with Crippen LogP contribution in [-0.2, 0) is 9.47 Å². The molecule has 1 aromatic carbocycles. The zero-order valence-electron chi connectivity index (χ0n) is 12.7. The number of aryl methyl sites for hydroxylation is 1. The van der Waals surface area contributed by atoms with Crippen LogP contribution in [0.4, 0.5) is 0 Å². The first-order valence-electron chi connectivity index (χ1n) is 7.55. The summed E-state index contributed by atoms with van der Waals surface area (Å²) in [4.78, 5) is 11.7. The first-order chi connectivity index (χ1) is 9.74. The molecule has 0 aliphatic heterocycles. The van der Waals surface area contributed by atoms with Gasteiger partial charge in [0.1, 0.15) is 6.61 Å². The Bertz CT molecular complexity index is 388. The standard InChI is InChI=1S/C17H26O3/c1-3-4-5-6-7-11-19-12-13-20-17(18)16-10-8-9-15(2)14-16/h8-10,14H,3-7,11-13H2,1-2H3. The Labute approximate surface area is 122 Å². The summed E-state index contributed by atoms with van der Waals surface area (Å²) in [6.45, 7) is 5.72. The Hall–Kier alpha value is -1.35. The second kappa shape index (κ2) is 10.4. The lowest BCUT2D eigenvalue weighted by Gasteiger charge is -2.06. The van der Waals surface area contributed by atoms with E-state index in [9.17, 15) is 4.79 Å². The molecular weight excluding hydrogens is 252 g/mol. The Morgan fingerprint density at radius 3 is 2.60 bits per heavy atom. The molecule has 0 saturated heterocycles. The van der Waals surface area contributed by atoms with Gasteiger partial charge in [0.05, 0.1) is 12.2 Å². The number of rotatable bonds is 10. The summed E-state index contributed by atoms with van der Waals surface area (Å²) >= 11 is 0. The number of carbonyl (C=O) groups is 1. The molecule has 0 unspecified atom stereocenters. The molecule has 112 valence electrons. The van der Waals surface area contributed by atoms with Crippen LogP contribution in [-0.4, -0.2) is 25.8 Å². The number of hydrogen-bond acceptors (Lipinski definition) is 3. The predicted octanol–water partition coefficient (Wildman–Crippen LogP) is 4.14. The Kier molecular flexibility index (Phi) is 8.72. The van der Waals surface area contributed by atoms with Gasteiger partial charge in [0.25, 0.3) is 0 Å². The normalized spacial score (nSPS) is 10.5. The molecule has 0 aliphatic rings. The van der Waals surface area contributed by atoms with E-state index < -0.39 is 0 Å². The maximum Gasteiger partial charge on any atom is 0.338 e. The lowest BCUT2D eigenvalue weighted by molar-refractivity contribution is 0.0312. The molecule has 0 atom stereocenters. The lowest BCUT2D eigenvalue weighted by Crippen LogP contribution is -2.11. The zero-order chi connectivity index (χ0) is 14.6. The Morgan fingerprint density at radius 1 is 1.05 bits per heavy atom. The van der Waals surface area contributed by atoms with Gasteiger partial charge in [0, 0.05) is 6.61 Å². The monoisotopic (exact) mass is 278 g/mol. The van der Waals surface area contributed by atoms with Crippen LogP contribution in [0.25, 0.3) is 0 Å². The van der Waals surface area contributed by atoms with Crippen molar-refractivity contribution in [2.24, 2.45) is 0 Å². The number of carbonyl (C=O) groups excluding carboxylic acids is 1. The van der Waals surface area contributed by atoms with Crippen molar-refractivity contribution in [1.82, 2.24) is 0 Å². The van der Waals surface area contributed by atoms with Gasteiger partial charge in [-0.05, 0) is 25.5 Å². The minimum Gasteiger partial charge on any atom is -0.460 e. The topological polar surface area (TPSA) is 35.5 Å². The van der Waals surface area contributed by atoms with Crippen LogP contribution >= 0.6 is 0 Å². The Balaban J connectivity index is 2.02. The highest BCUT2D eigenvalue weighted by atomic mass is 16.6. The van der Waals surface area contributed by atoms with Crippen LogP contribution in [0.5, 0.6) is 0 Å². The molecule has 0 radical (unpaired) electrons. The van der Waals surface area contributed by atoms with Crippen molar-refractivity contribution in [3.05, 3.63) is 35.4 Å². The van der Waals surface area contributed by atoms with Crippen molar-refractivity contribution < 1.29 is 14.3 Å². The summed E-state index contributed by atoms with van der Waals surface area (Å²) in [6.07, 6.45) is 6.15. The third kappa shape index (κ3) is 7.29. The number of benzene rings is 1. The molecule has 3 nitrogen and oxygen atoms in total. The van der Waals surface area contributed by atoms with Crippen LogP contribution in [0, 0.1) is 6.92 Å². The van der Waals surface area contributed by atoms with Gasteiger partial charge in [0.2, 0.25) is 0 Å². The molecule has 0 spiro atoms. The summed E-state index contributed by atoms with van der Waals surface area (Å²) in [7, 11) is 0. The molecule has 3 heteroatoms. The molecular formula is C17H26O3. The molecule has 0 aliphatic carbocycles. The average molecular weight is 278 g/mol. The first kappa shape index (κ1) is 16.7. The van der Waals surface area contributed by atoms with Crippen LogP contribution in [0.3, 0.4) is 0 Å². The van der Waals surface area contributed by atoms with Gasteiger partial charge in [-0.25, -0.2) is 4.79 Å². The third-order valence-electron chi connectivity index (χ3n) is 3.11. The van der Waals surface area contributed by atoms with E-state index in [0.29, 0.717) is 18.8 Å². The minimum absolute atomic E-state index is 0.278. The van der Waals surface area contributed by atoms with Crippen molar-refractivity contribution in [3.8, 4) is 0 Å². The van der Waals surface area contributed by atoms with Gasteiger partial charge in [-0.3, -0.25) is 0 Å². The molecule has 0 aromatic heterocycles. The van der Waals surface area contributed by atoms with Crippen LogP contribution in [0.1, 0.15) is 54.9 Å². The summed E-state index contributed by atoms with van der Waals surface area (Å²) in [5, 5.41) is 0. The fourth-order valence-corrected chi connectivity index (χ4v) is 1.96. The van der Waals surface area contributed by atoms with Crippen LogP contribution in [0.2, 0.25) is 0 Å². The maximum atomic E-state index is 11.7. The van der Waals surface area contributed by atoms with Gasteiger partial charge in [-0.15, -0.1) is 0 Å². The highest BCUT2D eigenvalue weighted by Gasteiger charge is 2.06. The van der Waals surface area contributed by atoms with Crippen molar-refractivity contribution in [2.45, 2.75) is 46.0 Å². The number of unbranched alkanes of at least 4 members (excludes halogenated alkanes) is 4. The molecule has 20 heavy (non-hydrogen) atoms. The highest BCUT2D eigenvalue weighted by molar-refractivity contribution is 5.89. The summed E-state index contributed by atoms with van der Waals surface area (Å²) < 4.78 is 10.6. The Morgan fingerprint density at radius 2 is 1.85 bits per heavy atom. The smallest absolute Gasteiger partial charge is 0.338 e. The zero-order valence-corrected chi connectivity index (χ0v) is 12.7. The van der Waals surface area contributed by atoms with Crippen molar-refractivity contribution in [3.63, 3.8) is 0 Å². The predicted molar refractivity (Wildman–Crippen MR) is 81.0 cm³/mol. The van der Waals surface area contributed by atoms with E-state index in [1.807, 2.05) is 25.1 Å². The molecule has 0 fully saturated rings. The highest BCUT2D eigenvalue weighted by Crippen LogP contribution is 2.05. The van der Waals surface area contributed by atoms with E-state index >= 15 is 0 Å². The molecule has 0 N–H and O–H groups in total. The van der Waals surface area contributed by atoms with Crippen molar-refractivity contribution >= 4 is 5.97 Å². The summed E-state index contributed by atoms with van der Waals surface area (Å²) in [5.74, 6) is -0.278. The van der Waals surface area contributed by atoms with Gasteiger partial charge in [-0.1, -0.05) is 50.3 Å². The van der Waals surface area contributed by atoms with E-state index in [4.69, 9.17) is 9.47 Å². The van der Waals surface area contributed by atoms with Crippen molar-refractivity contribution in [2.75, 3.05) is 19.8 Å². The second-order valence-corrected chi connectivity index (χ2v) is 5.03. The van der Waals surface area contributed by atoms with Crippen LogP contribution in [0.15, 0.2) is 24.3 Å². The van der Waals surface area contributed by atoms with Gasteiger partial charge in [-0.2, -0.15) is 0 Å². The molecule has 0 bridgehead atoms. The fraction of sp³-hybridized carbons (Fsp3) is 0.588. The minimum atomic E-state index is -0.278. The summed E-state index contributed by atoms with van der Waals surface area (Å²) in [6, 6.07) is 7.41. The van der Waals surface area contributed by atoms with Crippen molar-refractivity contribution in [1.29, 1.82) is 0 Å². The molecule has 1 aromatic rings. The average Bonchev–Trinajstić information content (AvgIpc) is 2.45. The summed E-state index contributed by atoms with van der Waals surface area (Å²) in [5.41, 5.74) is 1.66.